The molecule has 0 fully saturated rings. The summed E-state index contributed by atoms with van der Waals surface area (Å²) in [6, 6.07) is 7.29. The van der Waals surface area contributed by atoms with Gasteiger partial charge in [-0.05, 0) is 52.4 Å². The van der Waals surface area contributed by atoms with Crippen LogP contribution in [-0.2, 0) is 0 Å². The van der Waals surface area contributed by atoms with Crippen molar-refractivity contribution in [3.05, 3.63) is 34.9 Å². The molecule has 0 aliphatic heterocycles. The van der Waals surface area contributed by atoms with Crippen LogP contribution in [0.3, 0.4) is 0 Å². The van der Waals surface area contributed by atoms with Gasteiger partial charge in [0.05, 0.1) is 0 Å². The summed E-state index contributed by atoms with van der Waals surface area (Å²) < 4.78 is 0. The number of rotatable bonds is 8. The summed E-state index contributed by atoms with van der Waals surface area (Å²) in [5.74, 6) is 0. The Morgan fingerprint density at radius 3 is 1.95 bits per heavy atom. The molecule has 2 nitrogen and oxygen atoms in total. The number of hydrogen-bond acceptors (Lipinski definition) is 2. The van der Waals surface area contributed by atoms with E-state index in [1.807, 2.05) is 0 Å². The van der Waals surface area contributed by atoms with E-state index in [1.54, 1.807) is 0 Å². The van der Waals surface area contributed by atoms with E-state index in [-0.39, 0.29) is 0 Å². The SMILES string of the molecule is CCCN(CCC)CC(NC)c1cc(C)cc(C)c1. The minimum atomic E-state index is 0.427. The highest BCUT2D eigenvalue weighted by Crippen LogP contribution is 2.18. The summed E-state index contributed by atoms with van der Waals surface area (Å²) in [5, 5.41) is 3.48. The topological polar surface area (TPSA) is 15.3 Å². The second-order valence-corrected chi connectivity index (χ2v) is 5.56. The van der Waals surface area contributed by atoms with Crippen molar-refractivity contribution in [2.45, 2.75) is 46.6 Å². The van der Waals surface area contributed by atoms with Crippen molar-refractivity contribution in [2.24, 2.45) is 0 Å². The quantitative estimate of drug-likeness (QED) is 0.768. The van der Waals surface area contributed by atoms with E-state index in [4.69, 9.17) is 0 Å². The second kappa shape index (κ2) is 8.34. The van der Waals surface area contributed by atoms with Crippen LogP contribution < -0.4 is 5.32 Å². The fourth-order valence-electron chi connectivity index (χ4n) is 2.76. The van der Waals surface area contributed by atoms with E-state index in [9.17, 15) is 0 Å². The maximum Gasteiger partial charge on any atom is 0.0447 e. The molecule has 0 aliphatic carbocycles. The van der Waals surface area contributed by atoms with Crippen molar-refractivity contribution in [1.29, 1.82) is 0 Å². The van der Waals surface area contributed by atoms with Crippen LogP contribution in [0.1, 0.15) is 49.4 Å². The van der Waals surface area contributed by atoms with Crippen LogP contribution in [0.15, 0.2) is 18.2 Å². The first-order chi connectivity index (χ1) is 9.10. The lowest BCUT2D eigenvalue weighted by atomic mass is 10.0. The molecule has 1 rings (SSSR count). The predicted molar refractivity (Wildman–Crippen MR) is 84.7 cm³/mol. The van der Waals surface area contributed by atoms with E-state index >= 15 is 0 Å². The van der Waals surface area contributed by atoms with Gasteiger partial charge in [-0.3, -0.25) is 0 Å². The monoisotopic (exact) mass is 262 g/mol. The Morgan fingerprint density at radius 2 is 1.53 bits per heavy atom. The van der Waals surface area contributed by atoms with Crippen LogP contribution in [0.25, 0.3) is 0 Å². The van der Waals surface area contributed by atoms with E-state index in [0.29, 0.717) is 6.04 Å². The smallest absolute Gasteiger partial charge is 0.0447 e. The van der Waals surface area contributed by atoms with Crippen LogP contribution in [0.4, 0.5) is 0 Å². The van der Waals surface area contributed by atoms with Crippen molar-refractivity contribution < 1.29 is 0 Å². The maximum absolute atomic E-state index is 3.48. The number of nitrogens with one attached hydrogen (secondary N) is 1. The molecule has 19 heavy (non-hydrogen) atoms. The fourth-order valence-corrected chi connectivity index (χ4v) is 2.76. The molecule has 2 heteroatoms. The lowest BCUT2D eigenvalue weighted by Crippen LogP contribution is -2.35. The normalized spacial score (nSPS) is 12.9. The number of likely N-dealkylation sites (N-methyl/N-ethyl adjacent to an activating group) is 1. The molecule has 0 aliphatic rings. The Balaban J connectivity index is 2.80. The molecule has 0 bridgehead atoms. The summed E-state index contributed by atoms with van der Waals surface area (Å²) in [4.78, 5) is 2.57. The molecule has 1 unspecified atom stereocenters. The molecule has 0 heterocycles. The van der Waals surface area contributed by atoms with Crippen molar-refractivity contribution in [1.82, 2.24) is 10.2 Å². The average molecular weight is 262 g/mol. The Kier molecular flexibility index (Phi) is 7.11. The molecular weight excluding hydrogens is 232 g/mol. The zero-order valence-electron chi connectivity index (χ0n) is 13.3. The van der Waals surface area contributed by atoms with Gasteiger partial charge in [0.25, 0.3) is 0 Å². The summed E-state index contributed by atoms with van der Waals surface area (Å²) in [7, 11) is 2.07. The van der Waals surface area contributed by atoms with E-state index in [1.165, 1.54) is 42.6 Å². The fraction of sp³-hybridized carbons (Fsp3) is 0.647. The molecule has 108 valence electrons. The van der Waals surface area contributed by atoms with Gasteiger partial charge in [-0.25, -0.2) is 0 Å². The number of benzene rings is 1. The van der Waals surface area contributed by atoms with Crippen molar-refractivity contribution >= 4 is 0 Å². The van der Waals surface area contributed by atoms with E-state index in [2.05, 4.69) is 63.2 Å². The summed E-state index contributed by atoms with van der Waals surface area (Å²) in [6.07, 6.45) is 2.45. The van der Waals surface area contributed by atoms with Crippen molar-refractivity contribution in [3.8, 4) is 0 Å². The molecule has 0 amide bonds. The lowest BCUT2D eigenvalue weighted by Gasteiger charge is -2.27. The second-order valence-electron chi connectivity index (χ2n) is 5.56. The molecule has 0 aromatic heterocycles. The third-order valence-electron chi connectivity index (χ3n) is 3.52. The van der Waals surface area contributed by atoms with Crippen LogP contribution in [-0.4, -0.2) is 31.6 Å². The first kappa shape index (κ1) is 16.2. The molecule has 1 atom stereocenters. The minimum absolute atomic E-state index is 0.427. The predicted octanol–water partition coefficient (Wildman–Crippen LogP) is 3.69. The summed E-state index contributed by atoms with van der Waals surface area (Å²) in [6.45, 7) is 12.4. The van der Waals surface area contributed by atoms with Gasteiger partial charge in [-0.2, -0.15) is 0 Å². The van der Waals surface area contributed by atoms with Gasteiger partial charge < -0.3 is 10.2 Å². The molecule has 1 aromatic rings. The highest BCUT2D eigenvalue weighted by molar-refractivity contribution is 5.30. The van der Waals surface area contributed by atoms with Crippen LogP contribution in [0.2, 0.25) is 0 Å². The average Bonchev–Trinajstić information content (AvgIpc) is 2.35. The first-order valence-corrected chi connectivity index (χ1v) is 7.58. The summed E-state index contributed by atoms with van der Waals surface area (Å²) >= 11 is 0. The molecule has 0 spiro atoms. The van der Waals surface area contributed by atoms with Gasteiger partial charge in [0, 0.05) is 12.6 Å². The number of aryl methyl sites for hydroxylation is 2. The van der Waals surface area contributed by atoms with Gasteiger partial charge in [0.15, 0.2) is 0 Å². The van der Waals surface area contributed by atoms with Gasteiger partial charge in [-0.15, -0.1) is 0 Å². The minimum Gasteiger partial charge on any atom is -0.312 e. The maximum atomic E-state index is 3.48. The largest absolute Gasteiger partial charge is 0.312 e. The van der Waals surface area contributed by atoms with E-state index in [0.717, 1.165) is 6.54 Å². The zero-order chi connectivity index (χ0) is 14.3. The Labute approximate surface area is 119 Å². The highest BCUT2D eigenvalue weighted by atomic mass is 15.1. The van der Waals surface area contributed by atoms with Crippen LogP contribution in [0.5, 0.6) is 0 Å². The zero-order valence-corrected chi connectivity index (χ0v) is 13.3. The van der Waals surface area contributed by atoms with Gasteiger partial charge >= 0.3 is 0 Å². The molecule has 0 radical (unpaired) electrons. The van der Waals surface area contributed by atoms with Crippen LogP contribution in [0, 0.1) is 13.8 Å². The van der Waals surface area contributed by atoms with Crippen LogP contribution >= 0.6 is 0 Å². The Morgan fingerprint density at radius 1 is 1.00 bits per heavy atom. The highest BCUT2D eigenvalue weighted by Gasteiger charge is 2.14. The molecule has 0 saturated carbocycles. The van der Waals surface area contributed by atoms with Crippen molar-refractivity contribution in [3.63, 3.8) is 0 Å². The van der Waals surface area contributed by atoms with Gasteiger partial charge in [0.2, 0.25) is 0 Å². The van der Waals surface area contributed by atoms with Gasteiger partial charge in [0.1, 0.15) is 0 Å². The number of nitrogens with zero attached hydrogens (tertiary/aromatic N) is 1. The third kappa shape index (κ3) is 5.33. The van der Waals surface area contributed by atoms with Crippen molar-refractivity contribution in [2.75, 3.05) is 26.7 Å². The Hall–Kier alpha value is -0.860. The van der Waals surface area contributed by atoms with E-state index < -0.39 is 0 Å². The lowest BCUT2D eigenvalue weighted by molar-refractivity contribution is 0.247. The molecule has 0 saturated heterocycles. The van der Waals surface area contributed by atoms with Gasteiger partial charge in [-0.1, -0.05) is 43.2 Å². The first-order valence-electron chi connectivity index (χ1n) is 7.58. The molecule has 1 aromatic carbocycles. The summed E-state index contributed by atoms with van der Waals surface area (Å²) in [5.41, 5.74) is 4.12. The molecular formula is C17H30N2. The molecule has 1 N–H and O–H groups in total. The Bertz CT molecular complexity index is 347. The third-order valence-corrected chi connectivity index (χ3v) is 3.52. The standard InChI is InChI=1S/C17H30N2/c1-6-8-19(9-7-2)13-17(18-5)16-11-14(3)10-15(4)12-16/h10-12,17-18H,6-9,13H2,1-5H3. The number of hydrogen-bond donors (Lipinski definition) is 1.